The minimum Gasteiger partial charge on any atom is -1.00 e. The SMILES string of the molecule is CC(F)(F)F.[I-]. The Bertz CT molecular complexity index is 24.3. The molecule has 40 valence electrons. The van der Waals surface area contributed by atoms with Gasteiger partial charge in [0.25, 0.3) is 0 Å². The predicted octanol–water partition coefficient (Wildman–Crippen LogP) is -1.43. The minimum atomic E-state index is -4.00. The molecule has 0 saturated heterocycles. The lowest BCUT2D eigenvalue weighted by molar-refractivity contribution is -0.110. The Morgan fingerprint density at radius 3 is 1.17 bits per heavy atom. The molecule has 0 spiro atoms. The molecule has 0 heterocycles. The molecule has 0 N–H and O–H groups in total. The molecule has 0 nitrogen and oxygen atoms in total. The molecular formula is C2H3F3I-. The molecule has 0 aromatic carbocycles. The van der Waals surface area contributed by atoms with Crippen LogP contribution in [0.3, 0.4) is 0 Å². The lowest BCUT2D eigenvalue weighted by Crippen LogP contribution is -3.00. The fourth-order valence-corrected chi connectivity index (χ4v) is 0. The number of hydrogen-bond acceptors (Lipinski definition) is 0. The van der Waals surface area contributed by atoms with Crippen LogP contribution in [0.2, 0.25) is 0 Å². The normalized spacial score (nSPS) is 10.0. The summed E-state index contributed by atoms with van der Waals surface area (Å²) in [5.74, 6) is 0. The highest BCUT2D eigenvalue weighted by Crippen LogP contribution is 2.10. The van der Waals surface area contributed by atoms with Crippen LogP contribution in [0, 0.1) is 0 Å². The van der Waals surface area contributed by atoms with Crippen LogP contribution >= 0.6 is 0 Å². The molecule has 6 heavy (non-hydrogen) atoms. The second kappa shape index (κ2) is 2.65. The summed E-state index contributed by atoms with van der Waals surface area (Å²) < 4.78 is 31.1. The average Bonchev–Trinajstić information content (AvgIpc) is 0.722. The van der Waals surface area contributed by atoms with E-state index < -0.39 is 6.18 Å². The van der Waals surface area contributed by atoms with Gasteiger partial charge >= 0.3 is 6.18 Å². The van der Waals surface area contributed by atoms with E-state index in [0.717, 1.165) is 0 Å². The molecule has 0 aromatic heterocycles. The van der Waals surface area contributed by atoms with E-state index in [1.54, 1.807) is 0 Å². The minimum absolute atomic E-state index is 0. The van der Waals surface area contributed by atoms with Crippen LogP contribution in [0.25, 0.3) is 0 Å². The quantitative estimate of drug-likeness (QED) is 0.431. The van der Waals surface area contributed by atoms with Crippen molar-refractivity contribution in [1.82, 2.24) is 0 Å². The molecule has 0 rings (SSSR count). The molecule has 0 saturated carbocycles. The van der Waals surface area contributed by atoms with Crippen molar-refractivity contribution in [2.45, 2.75) is 13.1 Å². The second-order valence-corrected chi connectivity index (χ2v) is 0.781. The summed E-state index contributed by atoms with van der Waals surface area (Å²) in [5.41, 5.74) is 0. The second-order valence-electron chi connectivity index (χ2n) is 0.781. The smallest absolute Gasteiger partial charge is 0.386 e. The summed E-state index contributed by atoms with van der Waals surface area (Å²) in [6.07, 6.45) is -4.00. The highest BCUT2D eigenvalue weighted by atomic mass is 127. The number of alkyl halides is 3. The molecule has 0 amide bonds. The molecule has 0 radical (unpaired) electrons. The standard InChI is InChI=1S/C2H3F3.HI/c1-2(3,4)5;/h1H3;1H/p-1. The lowest BCUT2D eigenvalue weighted by atomic mass is 10.8. The third-order valence-electron chi connectivity index (χ3n) is 0. The fourth-order valence-electron chi connectivity index (χ4n) is 0. The van der Waals surface area contributed by atoms with Crippen LogP contribution in [0.15, 0.2) is 0 Å². The highest BCUT2D eigenvalue weighted by molar-refractivity contribution is 4.26. The monoisotopic (exact) mass is 211 g/mol. The summed E-state index contributed by atoms with van der Waals surface area (Å²) in [6, 6.07) is 0. The van der Waals surface area contributed by atoms with Gasteiger partial charge in [0.15, 0.2) is 0 Å². The molecule has 4 heteroatoms. The molecule has 0 bridgehead atoms. The van der Waals surface area contributed by atoms with Crippen LogP contribution in [0.1, 0.15) is 6.92 Å². The summed E-state index contributed by atoms with van der Waals surface area (Å²) >= 11 is 0. The van der Waals surface area contributed by atoms with E-state index >= 15 is 0 Å². The van der Waals surface area contributed by atoms with Gasteiger partial charge in [0.1, 0.15) is 0 Å². The predicted molar refractivity (Wildman–Crippen MR) is 11.7 cm³/mol. The highest BCUT2D eigenvalue weighted by Gasteiger charge is 2.15. The first-order valence-electron chi connectivity index (χ1n) is 1.07. The number of halogens is 4. The molecule has 0 unspecified atom stereocenters. The van der Waals surface area contributed by atoms with Crippen molar-refractivity contribution in [2.75, 3.05) is 0 Å². The van der Waals surface area contributed by atoms with Crippen LogP contribution in [-0.2, 0) is 0 Å². The Morgan fingerprint density at radius 2 is 1.17 bits per heavy atom. The Labute approximate surface area is 50.7 Å². The van der Waals surface area contributed by atoms with Crippen molar-refractivity contribution in [1.29, 1.82) is 0 Å². The van der Waals surface area contributed by atoms with E-state index in [1.165, 1.54) is 0 Å². The van der Waals surface area contributed by atoms with Crippen molar-refractivity contribution in [2.24, 2.45) is 0 Å². The molecular weight excluding hydrogens is 208 g/mol. The fraction of sp³-hybridized carbons (Fsp3) is 1.00. The van der Waals surface area contributed by atoms with Gasteiger partial charge in [-0.05, 0) is 0 Å². The third kappa shape index (κ3) is 207. The van der Waals surface area contributed by atoms with Crippen molar-refractivity contribution in [3.05, 3.63) is 0 Å². The van der Waals surface area contributed by atoms with Gasteiger partial charge in [-0.3, -0.25) is 0 Å². The zero-order chi connectivity index (χ0) is 4.50. The van der Waals surface area contributed by atoms with Gasteiger partial charge in [0.05, 0.1) is 0 Å². The van der Waals surface area contributed by atoms with Crippen LogP contribution in [0.4, 0.5) is 13.2 Å². The van der Waals surface area contributed by atoms with E-state index in [9.17, 15) is 13.2 Å². The summed E-state index contributed by atoms with van der Waals surface area (Å²) in [4.78, 5) is 0. The summed E-state index contributed by atoms with van der Waals surface area (Å²) in [5, 5.41) is 0. The number of rotatable bonds is 0. The molecule has 0 aliphatic carbocycles. The first-order chi connectivity index (χ1) is 2.00. The van der Waals surface area contributed by atoms with Gasteiger partial charge in [-0.25, -0.2) is 0 Å². The largest absolute Gasteiger partial charge is 1.00 e. The van der Waals surface area contributed by atoms with E-state index in [-0.39, 0.29) is 30.9 Å². The van der Waals surface area contributed by atoms with Crippen LogP contribution in [-0.4, -0.2) is 6.18 Å². The zero-order valence-corrected chi connectivity index (χ0v) is 5.17. The van der Waals surface area contributed by atoms with Crippen LogP contribution < -0.4 is 24.0 Å². The van der Waals surface area contributed by atoms with Crippen LogP contribution in [0.5, 0.6) is 0 Å². The van der Waals surface area contributed by atoms with Crippen molar-refractivity contribution >= 4 is 0 Å². The van der Waals surface area contributed by atoms with E-state index in [2.05, 4.69) is 0 Å². The van der Waals surface area contributed by atoms with E-state index in [4.69, 9.17) is 0 Å². The Hall–Kier alpha value is 0.520. The average molecular weight is 211 g/mol. The molecule has 0 aromatic rings. The maximum Gasteiger partial charge on any atom is 0.386 e. The molecule has 0 fully saturated rings. The van der Waals surface area contributed by atoms with E-state index in [1.807, 2.05) is 0 Å². The Kier molecular flexibility index (Phi) is 4.30. The van der Waals surface area contributed by atoms with Gasteiger partial charge < -0.3 is 24.0 Å². The zero-order valence-electron chi connectivity index (χ0n) is 3.01. The Balaban J connectivity index is 0. The maximum atomic E-state index is 10.4. The van der Waals surface area contributed by atoms with Gasteiger partial charge in [-0.2, -0.15) is 13.2 Å². The third-order valence-corrected chi connectivity index (χ3v) is 0. The Morgan fingerprint density at radius 1 is 1.17 bits per heavy atom. The lowest BCUT2D eigenvalue weighted by Gasteiger charge is -1.88. The first-order valence-corrected chi connectivity index (χ1v) is 1.07. The summed E-state index contributed by atoms with van der Waals surface area (Å²) in [6.45, 7) is 0.188. The van der Waals surface area contributed by atoms with E-state index in [0.29, 0.717) is 0 Å². The summed E-state index contributed by atoms with van der Waals surface area (Å²) in [7, 11) is 0. The molecule has 0 atom stereocenters. The van der Waals surface area contributed by atoms with Gasteiger partial charge in [-0.1, -0.05) is 0 Å². The van der Waals surface area contributed by atoms with Gasteiger partial charge in [0.2, 0.25) is 0 Å². The molecule has 0 aliphatic heterocycles. The molecule has 0 aliphatic rings. The van der Waals surface area contributed by atoms with Crippen molar-refractivity contribution in [3.63, 3.8) is 0 Å². The van der Waals surface area contributed by atoms with Crippen molar-refractivity contribution in [3.8, 4) is 0 Å². The van der Waals surface area contributed by atoms with Gasteiger partial charge in [0, 0.05) is 6.92 Å². The maximum absolute atomic E-state index is 10.4. The topological polar surface area (TPSA) is 0 Å². The van der Waals surface area contributed by atoms with Crippen molar-refractivity contribution < 1.29 is 37.1 Å². The first kappa shape index (κ1) is 9.72. The van der Waals surface area contributed by atoms with Gasteiger partial charge in [-0.15, -0.1) is 0 Å². The number of hydrogen-bond donors (Lipinski definition) is 0.